The molecule has 3 aromatic carbocycles. The van der Waals surface area contributed by atoms with Crippen LogP contribution in [0.3, 0.4) is 0 Å². The molecule has 0 saturated heterocycles. The Hall–Kier alpha value is -3.40. The Kier molecular flexibility index (Phi) is 9.97. The summed E-state index contributed by atoms with van der Waals surface area (Å²) in [5, 5.41) is 3.79. The van der Waals surface area contributed by atoms with Crippen LogP contribution in [0.2, 0.25) is 0 Å². The average Bonchev–Trinajstić information content (AvgIpc) is 2.96. The monoisotopic (exact) mass is 593 g/mol. The molecule has 8 nitrogen and oxygen atoms in total. The zero-order valence-electron chi connectivity index (χ0n) is 25.1. The fraction of sp³-hybridized carbons (Fsp3) is 0.424. The minimum absolute atomic E-state index is 0.140. The first-order valence-corrected chi connectivity index (χ1v) is 15.9. The Bertz CT molecular complexity index is 1430. The topological polar surface area (TPSA) is 106 Å². The molecule has 0 aliphatic heterocycles. The smallest absolute Gasteiger partial charge is 0.422 e. The Morgan fingerprint density at radius 3 is 2.21 bits per heavy atom. The number of rotatable bonds is 10. The fourth-order valence-electron chi connectivity index (χ4n) is 5.58. The van der Waals surface area contributed by atoms with Crippen LogP contribution in [0.15, 0.2) is 78.9 Å². The van der Waals surface area contributed by atoms with E-state index in [1.165, 1.54) is 16.7 Å². The second-order valence-corrected chi connectivity index (χ2v) is 13.6. The third-order valence-electron chi connectivity index (χ3n) is 7.85. The fourth-order valence-corrected chi connectivity index (χ4v) is 6.38. The van der Waals surface area contributed by atoms with E-state index in [1.807, 2.05) is 47.2 Å². The lowest BCUT2D eigenvalue weighted by Gasteiger charge is -2.42. The molecule has 1 atom stereocenters. The van der Waals surface area contributed by atoms with E-state index < -0.39 is 27.3 Å². The molecule has 0 spiro atoms. The number of carbonyl (C=O) groups is 1. The summed E-state index contributed by atoms with van der Waals surface area (Å²) in [5.41, 5.74) is 3.34. The van der Waals surface area contributed by atoms with Crippen molar-refractivity contribution in [2.24, 2.45) is 0 Å². The molecule has 1 amide bonds. The van der Waals surface area contributed by atoms with E-state index in [0.29, 0.717) is 0 Å². The predicted molar refractivity (Wildman–Crippen MR) is 167 cm³/mol. The SMILES string of the molecule is COc1cccc(C2(CNS(=O)(=O)NC(=O)OC(C)(C)C)CCC(NC(C)c3ccc(-c4ccccc4)cc3)CC2)c1. The summed E-state index contributed by atoms with van der Waals surface area (Å²) in [6.45, 7) is 7.35. The number of ether oxygens (including phenoxy) is 2. The molecule has 0 aromatic heterocycles. The molecule has 0 bridgehead atoms. The Labute approximate surface area is 250 Å². The maximum absolute atomic E-state index is 12.8. The molecule has 3 aromatic rings. The van der Waals surface area contributed by atoms with Gasteiger partial charge in [0, 0.05) is 24.0 Å². The zero-order valence-corrected chi connectivity index (χ0v) is 26.0. The molecular formula is C33H43N3O5S. The molecule has 1 fully saturated rings. The number of carbonyl (C=O) groups excluding carboxylic acids is 1. The highest BCUT2D eigenvalue weighted by molar-refractivity contribution is 7.88. The van der Waals surface area contributed by atoms with Gasteiger partial charge in [0.05, 0.1) is 7.11 Å². The average molecular weight is 594 g/mol. The Morgan fingerprint density at radius 1 is 0.952 bits per heavy atom. The minimum Gasteiger partial charge on any atom is -0.497 e. The quantitative estimate of drug-likeness (QED) is 0.257. The van der Waals surface area contributed by atoms with Gasteiger partial charge in [0.2, 0.25) is 0 Å². The number of benzene rings is 3. The van der Waals surface area contributed by atoms with Gasteiger partial charge in [-0.3, -0.25) is 0 Å². The van der Waals surface area contributed by atoms with Crippen molar-refractivity contribution in [3.8, 4) is 16.9 Å². The van der Waals surface area contributed by atoms with Crippen molar-refractivity contribution >= 4 is 16.3 Å². The lowest BCUT2D eigenvalue weighted by atomic mass is 9.68. The number of hydrogen-bond donors (Lipinski definition) is 3. The van der Waals surface area contributed by atoms with Gasteiger partial charge in [-0.1, -0.05) is 66.7 Å². The van der Waals surface area contributed by atoms with Crippen LogP contribution in [-0.4, -0.2) is 39.8 Å². The summed E-state index contributed by atoms with van der Waals surface area (Å²) in [5.74, 6) is 0.717. The summed E-state index contributed by atoms with van der Waals surface area (Å²) >= 11 is 0. The van der Waals surface area contributed by atoms with Crippen molar-refractivity contribution in [2.45, 2.75) is 76.5 Å². The van der Waals surface area contributed by atoms with Gasteiger partial charge in [0.25, 0.3) is 0 Å². The summed E-state index contributed by atoms with van der Waals surface area (Å²) in [6, 6.07) is 27.3. The van der Waals surface area contributed by atoms with Gasteiger partial charge in [0.1, 0.15) is 11.4 Å². The molecule has 9 heteroatoms. The molecule has 42 heavy (non-hydrogen) atoms. The van der Waals surface area contributed by atoms with Crippen LogP contribution in [-0.2, 0) is 20.4 Å². The largest absolute Gasteiger partial charge is 0.497 e. The maximum Gasteiger partial charge on any atom is 0.422 e. The van der Waals surface area contributed by atoms with Crippen molar-refractivity contribution in [3.05, 3.63) is 90.0 Å². The third-order valence-corrected chi connectivity index (χ3v) is 8.81. The summed E-state index contributed by atoms with van der Waals surface area (Å²) < 4.78 is 40.8. The van der Waals surface area contributed by atoms with Gasteiger partial charge in [0.15, 0.2) is 0 Å². The van der Waals surface area contributed by atoms with E-state index in [-0.39, 0.29) is 18.6 Å². The van der Waals surface area contributed by atoms with Crippen LogP contribution >= 0.6 is 0 Å². The maximum atomic E-state index is 12.8. The lowest BCUT2D eigenvalue weighted by molar-refractivity contribution is 0.0569. The van der Waals surface area contributed by atoms with Crippen LogP contribution < -0.4 is 19.5 Å². The molecule has 4 rings (SSSR count). The van der Waals surface area contributed by atoms with Gasteiger partial charge < -0.3 is 14.8 Å². The van der Waals surface area contributed by atoms with Crippen molar-refractivity contribution in [2.75, 3.05) is 13.7 Å². The van der Waals surface area contributed by atoms with Crippen LogP contribution in [0.25, 0.3) is 11.1 Å². The van der Waals surface area contributed by atoms with Crippen molar-refractivity contribution in [3.63, 3.8) is 0 Å². The number of nitrogens with one attached hydrogen (secondary N) is 3. The first-order valence-electron chi connectivity index (χ1n) is 14.4. The second kappa shape index (κ2) is 13.3. The highest BCUT2D eigenvalue weighted by atomic mass is 32.2. The lowest BCUT2D eigenvalue weighted by Crippen LogP contribution is -2.50. The molecular weight excluding hydrogens is 550 g/mol. The molecule has 1 saturated carbocycles. The van der Waals surface area contributed by atoms with E-state index in [2.05, 4.69) is 53.4 Å². The Morgan fingerprint density at radius 2 is 1.60 bits per heavy atom. The number of amides is 1. The van der Waals surface area contributed by atoms with E-state index in [9.17, 15) is 13.2 Å². The predicted octanol–water partition coefficient (Wildman–Crippen LogP) is 6.25. The first-order chi connectivity index (χ1) is 19.9. The highest BCUT2D eigenvalue weighted by Gasteiger charge is 2.38. The van der Waals surface area contributed by atoms with Gasteiger partial charge in [-0.15, -0.1) is 0 Å². The van der Waals surface area contributed by atoms with Crippen LogP contribution in [0.1, 0.15) is 70.5 Å². The summed E-state index contributed by atoms with van der Waals surface area (Å²) in [4.78, 5) is 12.1. The molecule has 0 radical (unpaired) electrons. The third kappa shape index (κ3) is 8.56. The van der Waals surface area contributed by atoms with E-state index in [0.717, 1.165) is 37.0 Å². The van der Waals surface area contributed by atoms with Crippen molar-refractivity contribution in [1.29, 1.82) is 0 Å². The number of hydrogen-bond acceptors (Lipinski definition) is 6. The van der Waals surface area contributed by atoms with Gasteiger partial charge in [-0.05, 0) is 87.8 Å². The second-order valence-electron chi connectivity index (χ2n) is 12.1. The van der Waals surface area contributed by atoms with E-state index in [1.54, 1.807) is 27.9 Å². The van der Waals surface area contributed by atoms with Crippen LogP contribution in [0.5, 0.6) is 5.75 Å². The van der Waals surface area contributed by atoms with Gasteiger partial charge in [-0.2, -0.15) is 13.1 Å². The molecule has 3 N–H and O–H groups in total. The molecule has 226 valence electrons. The number of methoxy groups -OCH3 is 1. The molecule has 1 aliphatic rings. The van der Waals surface area contributed by atoms with Gasteiger partial charge >= 0.3 is 16.3 Å². The molecule has 0 heterocycles. The van der Waals surface area contributed by atoms with Gasteiger partial charge in [-0.25, -0.2) is 9.52 Å². The van der Waals surface area contributed by atoms with E-state index in [4.69, 9.17) is 9.47 Å². The normalized spacial score (nSPS) is 20.0. The summed E-state index contributed by atoms with van der Waals surface area (Å²) in [7, 11) is -2.51. The first kappa shape index (κ1) is 31.5. The zero-order chi connectivity index (χ0) is 30.4. The summed E-state index contributed by atoms with van der Waals surface area (Å²) in [6.07, 6.45) is 2.23. The van der Waals surface area contributed by atoms with E-state index >= 15 is 0 Å². The molecule has 1 aliphatic carbocycles. The Balaban J connectivity index is 1.43. The minimum atomic E-state index is -4.13. The highest BCUT2D eigenvalue weighted by Crippen LogP contribution is 2.41. The molecule has 1 unspecified atom stereocenters. The van der Waals surface area contributed by atoms with Crippen molar-refractivity contribution < 1.29 is 22.7 Å². The van der Waals surface area contributed by atoms with Crippen LogP contribution in [0, 0.1) is 0 Å². The van der Waals surface area contributed by atoms with Crippen molar-refractivity contribution in [1.82, 2.24) is 14.8 Å². The van der Waals surface area contributed by atoms with Crippen LogP contribution in [0.4, 0.5) is 4.79 Å². The standard InChI is InChI=1S/C33H43N3O5S/c1-24(25-14-16-27(17-15-25)26-10-7-6-8-11-26)35-29-18-20-33(21-19-29,28-12-9-13-30(22-28)40-5)23-34-42(38,39)36-31(37)41-32(2,3)4/h6-17,22,24,29,34-35H,18-21,23H2,1-5H3,(H,36,37).